The van der Waals surface area contributed by atoms with Crippen LogP contribution in [0.5, 0.6) is 0 Å². The molecule has 0 unspecified atom stereocenters. The number of hydrogen-bond donors (Lipinski definition) is 0. The van der Waals surface area contributed by atoms with Gasteiger partial charge >= 0.3 is 23.9 Å². The predicted molar refractivity (Wildman–Crippen MR) is 217 cm³/mol. The van der Waals surface area contributed by atoms with Crippen LogP contribution in [-0.2, 0) is 57.3 Å². The van der Waals surface area contributed by atoms with E-state index in [-0.39, 0.29) is 60.7 Å². The number of hydrogen-bond acceptors (Lipinski definition) is 12. The number of fused-ring (bicyclic) bond motifs is 4. The van der Waals surface area contributed by atoms with Crippen LogP contribution in [-0.4, -0.2) is 144 Å². The van der Waals surface area contributed by atoms with Crippen molar-refractivity contribution in [2.75, 3.05) is 52.6 Å². The number of cyclic esters (lactones) is 4. The summed E-state index contributed by atoms with van der Waals surface area (Å²) in [7, 11) is 0. The molecule has 6 aliphatic rings. The van der Waals surface area contributed by atoms with E-state index < -0.39 is 24.2 Å². The molecule has 0 saturated carbocycles. The van der Waals surface area contributed by atoms with E-state index in [9.17, 15) is 38.4 Å². The first-order valence-electron chi connectivity index (χ1n) is 22.6. The minimum atomic E-state index is -0.488. The molecule has 334 valence electrons. The van der Waals surface area contributed by atoms with Gasteiger partial charge in [-0.3, -0.25) is 19.2 Å². The van der Waals surface area contributed by atoms with Gasteiger partial charge in [-0.15, -0.1) is 0 Å². The van der Waals surface area contributed by atoms with Gasteiger partial charge in [-0.05, 0) is 116 Å². The molecule has 0 spiro atoms. The zero-order valence-corrected chi connectivity index (χ0v) is 35.4. The number of nitrogens with zero attached hydrogens (tertiary/aromatic N) is 4. The highest BCUT2D eigenvalue weighted by Crippen LogP contribution is 2.25. The second-order valence-electron chi connectivity index (χ2n) is 16.5. The third kappa shape index (κ3) is 13.8. The summed E-state index contributed by atoms with van der Waals surface area (Å²) in [6, 6.07) is -1.90. The summed E-state index contributed by atoms with van der Waals surface area (Å²) in [6.45, 7) is 3.60. The van der Waals surface area contributed by atoms with Crippen molar-refractivity contribution in [1.29, 1.82) is 0 Å². The molecule has 4 amide bonds. The van der Waals surface area contributed by atoms with Crippen LogP contribution in [0.3, 0.4) is 0 Å². The van der Waals surface area contributed by atoms with Gasteiger partial charge in [0.05, 0.1) is 26.4 Å². The van der Waals surface area contributed by atoms with E-state index in [2.05, 4.69) is 0 Å². The average Bonchev–Trinajstić information content (AvgIpc) is 4.09. The Bertz CT molecular complexity index is 1430. The monoisotopic (exact) mass is 842 g/mol. The summed E-state index contributed by atoms with van der Waals surface area (Å²) in [6.07, 6.45) is 17.6. The zero-order valence-electron chi connectivity index (χ0n) is 35.4. The lowest BCUT2D eigenvalue weighted by Gasteiger charge is -2.24. The van der Waals surface area contributed by atoms with Crippen LogP contribution in [0, 0.1) is 0 Å². The van der Waals surface area contributed by atoms with Crippen LogP contribution >= 0.6 is 0 Å². The third-order valence-electron chi connectivity index (χ3n) is 12.2. The van der Waals surface area contributed by atoms with Crippen molar-refractivity contribution < 1.29 is 57.3 Å². The van der Waals surface area contributed by atoms with Crippen LogP contribution in [0.4, 0.5) is 0 Å². The largest absolute Gasteiger partial charge is 0.464 e. The first kappa shape index (κ1) is 46.6. The first-order chi connectivity index (χ1) is 29.2. The Kier molecular flexibility index (Phi) is 19.2. The Morgan fingerprint density at radius 3 is 0.883 bits per heavy atom. The fourth-order valence-corrected chi connectivity index (χ4v) is 8.90. The van der Waals surface area contributed by atoms with Crippen LogP contribution in [0.15, 0.2) is 12.2 Å². The van der Waals surface area contributed by atoms with Gasteiger partial charge in [0.2, 0.25) is 23.6 Å². The lowest BCUT2D eigenvalue weighted by atomic mass is 10.1. The van der Waals surface area contributed by atoms with Crippen molar-refractivity contribution >= 4 is 47.5 Å². The van der Waals surface area contributed by atoms with Gasteiger partial charge in [0.15, 0.2) is 0 Å². The van der Waals surface area contributed by atoms with Gasteiger partial charge in [0.25, 0.3) is 0 Å². The summed E-state index contributed by atoms with van der Waals surface area (Å²) in [4.78, 5) is 106. The second-order valence-corrected chi connectivity index (χ2v) is 16.5. The van der Waals surface area contributed by atoms with Crippen molar-refractivity contribution in [3.63, 3.8) is 0 Å². The van der Waals surface area contributed by atoms with E-state index in [4.69, 9.17) is 18.9 Å². The summed E-state index contributed by atoms with van der Waals surface area (Å²) >= 11 is 0. The predicted octanol–water partition coefficient (Wildman–Crippen LogP) is 4.15. The molecule has 0 aromatic heterocycles. The van der Waals surface area contributed by atoms with Crippen LogP contribution < -0.4 is 0 Å². The SMILES string of the molecule is O=C1OCCC=CCCOC(=O)[C@H]2CCCN2C(=O)CCCCC(=O)N2CCC[C@H]12.O=C1OCCCCCCOC(=O)[C@H]2CCCN2C(=O)CCCCC(=O)N2CCC[C@H]12. The third-order valence-corrected chi connectivity index (χ3v) is 12.2. The molecule has 6 rings (SSSR count). The molecule has 6 aliphatic heterocycles. The highest BCUT2D eigenvalue weighted by molar-refractivity contribution is 5.87. The van der Waals surface area contributed by atoms with Crippen LogP contribution in [0.1, 0.15) is 141 Å². The molecule has 60 heavy (non-hydrogen) atoms. The molecule has 4 atom stereocenters. The van der Waals surface area contributed by atoms with Gasteiger partial charge in [-0.25, -0.2) is 19.2 Å². The Hall–Kier alpha value is -4.50. The van der Waals surface area contributed by atoms with Crippen LogP contribution in [0.25, 0.3) is 0 Å². The van der Waals surface area contributed by atoms with Crippen molar-refractivity contribution in [2.45, 2.75) is 165 Å². The van der Waals surface area contributed by atoms with Gasteiger partial charge in [0, 0.05) is 51.9 Å². The first-order valence-corrected chi connectivity index (χ1v) is 22.6. The highest BCUT2D eigenvalue weighted by Gasteiger charge is 2.38. The second kappa shape index (κ2) is 24.7. The summed E-state index contributed by atoms with van der Waals surface area (Å²) in [5.74, 6) is -1.49. The molecule has 6 heterocycles. The molecule has 16 heteroatoms. The van der Waals surface area contributed by atoms with E-state index in [0.29, 0.717) is 129 Å². The quantitative estimate of drug-likeness (QED) is 0.193. The molecular weight excluding hydrogens is 776 g/mol. The number of rotatable bonds is 0. The van der Waals surface area contributed by atoms with E-state index in [1.807, 2.05) is 12.2 Å². The molecule has 0 aromatic rings. The lowest BCUT2D eigenvalue weighted by molar-refractivity contribution is -0.154. The number of amides is 4. The minimum Gasteiger partial charge on any atom is -0.464 e. The molecule has 5 fully saturated rings. The fraction of sp³-hybridized carbons (Fsp3) is 0.773. The zero-order chi connectivity index (χ0) is 42.7. The number of carbonyl (C=O) groups excluding carboxylic acids is 8. The molecular formula is C44H66N4O12. The standard InChI is InChI=1S/C22H34N2O6.C22H32N2O6/c2*25-19-11-3-4-12-20(26)24-14-8-10-18(24)22(28)30-16-6-2-1-5-15-29-21(27)17-9-7-13-23(17)19/h17-18H,1-16H2;1-2,17-18H,3-16H2/t2*17-,18-/m11/s1. The summed E-state index contributed by atoms with van der Waals surface area (Å²) in [5, 5.41) is 0. The van der Waals surface area contributed by atoms with Gasteiger partial charge in [-0.1, -0.05) is 12.2 Å². The normalized spacial score (nSPS) is 28.3. The van der Waals surface area contributed by atoms with Gasteiger partial charge in [0.1, 0.15) is 24.2 Å². The molecule has 0 bridgehead atoms. The maximum absolute atomic E-state index is 12.6. The van der Waals surface area contributed by atoms with Gasteiger partial charge < -0.3 is 38.5 Å². The molecule has 16 nitrogen and oxygen atoms in total. The van der Waals surface area contributed by atoms with Crippen molar-refractivity contribution in [3.8, 4) is 0 Å². The Labute approximate surface area is 353 Å². The molecule has 0 aliphatic carbocycles. The Morgan fingerprint density at radius 2 is 0.600 bits per heavy atom. The van der Waals surface area contributed by atoms with E-state index in [1.165, 1.54) is 0 Å². The number of esters is 4. The van der Waals surface area contributed by atoms with Crippen molar-refractivity contribution in [1.82, 2.24) is 19.6 Å². The van der Waals surface area contributed by atoms with E-state index in [0.717, 1.165) is 51.4 Å². The molecule has 0 N–H and O–H groups in total. The minimum absolute atomic E-state index is 0.0427. The molecule has 5 saturated heterocycles. The van der Waals surface area contributed by atoms with Gasteiger partial charge in [-0.2, -0.15) is 0 Å². The Balaban J connectivity index is 0.000000228. The fourth-order valence-electron chi connectivity index (χ4n) is 8.90. The summed E-state index contributed by atoms with van der Waals surface area (Å²) in [5.41, 5.74) is 0. The smallest absolute Gasteiger partial charge is 0.328 e. The van der Waals surface area contributed by atoms with Crippen molar-refractivity contribution in [3.05, 3.63) is 12.2 Å². The average molecular weight is 843 g/mol. The summed E-state index contributed by atoms with van der Waals surface area (Å²) < 4.78 is 21.5. The van der Waals surface area contributed by atoms with Crippen LogP contribution in [0.2, 0.25) is 0 Å². The van der Waals surface area contributed by atoms with Crippen molar-refractivity contribution in [2.24, 2.45) is 0 Å². The van der Waals surface area contributed by atoms with E-state index >= 15 is 0 Å². The maximum atomic E-state index is 12.6. The number of carbonyl (C=O) groups is 8. The Morgan fingerprint density at radius 1 is 0.333 bits per heavy atom. The maximum Gasteiger partial charge on any atom is 0.328 e. The lowest BCUT2D eigenvalue weighted by Crippen LogP contribution is -2.42. The highest BCUT2D eigenvalue weighted by atomic mass is 16.5. The number of ether oxygens (including phenoxy) is 4. The molecule has 0 radical (unpaired) electrons. The topological polar surface area (TPSA) is 186 Å². The van der Waals surface area contributed by atoms with E-state index in [1.54, 1.807) is 19.6 Å². The molecule has 0 aromatic carbocycles.